The van der Waals surface area contributed by atoms with Crippen molar-refractivity contribution >= 4 is 27.9 Å². The molecule has 2 unspecified atom stereocenters. The zero-order valence-corrected chi connectivity index (χ0v) is 16.6. The number of hydrogen-bond donors (Lipinski definition) is 5. The van der Waals surface area contributed by atoms with Crippen LogP contribution in [-0.4, -0.2) is 72.2 Å². The summed E-state index contributed by atoms with van der Waals surface area (Å²) in [4.78, 5) is 22.8. The predicted octanol–water partition coefficient (Wildman–Crippen LogP) is -1.04. The molecule has 5 atom stereocenters. The van der Waals surface area contributed by atoms with Crippen LogP contribution in [0.15, 0.2) is 36.9 Å². The Morgan fingerprint density at radius 1 is 1.23 bits per heavy atom. The molecule has 0 radical (unpaired) electrons. The smallest absolute Gasteiger partial charge is 0.397 e. The summed E-state index contributed by atoms with van der Waals surface area (Å²) in [5.41, 5.74) is 0.449. The lowest BCUT2D eigenvalue weighted by Gasteiger charge is -2.42. The SMILES string of the molecule is C=CC(=O)Nc1ccc(O[C@@H]2OC(COS(=O)(=O)O)[C@@H](O)[C@H](O)C2NC(C)=O)cc1. The zero-order chi connectivity index (χ0) is 22.5. The minimum Gasteiger partial charge on any atom is -0.463 e. The standard InChI is InChI=1S/C17H22N2O10S/c1-3-13(21)19-10-4-6-11(7-5-10)28-17-14(18-9(2)20)16(23)15(22)12(29-17)8-27-30(24,25)26/h3-7,12,14-17,22-23H,1,8H2,2H3,(H,18,20)(H,19,21)(H,24,25,26)/t12?,14?,15-,16-,17-/m1/s1. The second-order valence-electron chi connectivity index (χ2n) is 6.30. The summed E-state index contributed by atoms with van der Waals surface area (Å²) < 4.78 is 45.6. The largest absolute Gasteiger partial charge is 0.463 e. The normalized spacial score (nSPS) is 26.5. The van der Waals surface area contributed by atoms with Crippen molar-refractivity contribution in [3.05, 3.63) is 36.9 Å². The number of aliphatic hydroxyl groups excluding tert-OH is 2. The average Bonchev–Trinajstić information content (AvgIpc) is 2.67. The van der Waals surface area contributed by atoms with Crippen molar-refractivity contribution in [3.8, 4) is 5.75 Å². The molecule has 0 aliphatic carbocycles. The number of carbonyl (C=O) groups is 2. The Morgan fingerprint density at radius 3 is 2.40 bits per heavy atom. The van der Waals surface area contributed by atoms with Crippen LogP contribution in [-0.2, 0) is 28.9 Å². The van der Waals surface area contributed by atoms with Crippen LogP contribution in [0.2, 0.25) is 0 Å². The van der Waals surface area contributed by atoms with E-state index in [0.29, 0.717) is 5.69 Å². The van der Waals surface area contributed by atoms with E-state index in [1.54, 1.807) is 0 Å². The Labute approximate surface area is 172 Å². The lowest BCUT2D eigenvalue weighted by atomic mass is 9.97. The van der Waals surface area contributed by atoms with Gasteiger partial charge in [0.1, 0.15) is 30.1 Å². The molecule has 1 aromatic carbocycles. The lowest BCUT2D eigenvalue weighted by molar-refractivity contribution is -0.242. The quantitative estimate of drug-likeness (QED) is 0.244. The van der Waals surface area contributed by atoms with E-state index in [1.165, 1.54) is 31.2 Å². The summed E-state index contributed by atoms with van der Waals surface area (Å²) in [5.74, 6) is -0.743. The molecule has 2 rings (SSSR count). The fourth-order valence-corrected chi connectivity index (χ4v) is 2.96. The number of anilines is 1. The highest BCUT2D eigenvalue weighted by atomic mass is 32.3. The van der Waals surface area contributed by atoms with Crippen LogP contribution < -0.4 is 15.4 Å². The van der Waals surface area contributed by atoms with Crippen LogP contribution in [0.5, 0.6) is 5.75 Å². The molecule has 5 N–H and O–H groups in total. The monoisotopic (exact) mass is 446 g/mol. The van der Waals surface area contributed by atoms with Crippen LogP contribution in [0, 0.1) is 0 Å². The highest BCUT2D eigenvalue weighted by Gasteiger charge is 2.46. The van der Waals surface area contributed by atoms with E-state index in [0.717, 1.165) is 6.08 Å². The lowest BCUT2D eigenvalue weighted by Crippen LogP contribution is -2.65. The van der Waals surface area contributed by atoms with E-state index in [1.807, 2.05) is 0 Å². The minimum atomic E-state index is -4.82. The van der Waals surface area contributed by atoms with Gasteiger partial charge in [-0.1, -0.05) is 6.58 Å². The average molecular weight is 446 g/mol. The van der Waals surface area contributed by atoms with E-state index in [9.17, 15) is 28.2 Å². The van der Waals surface area contributed by atoms with Gasteiger partial charge in [0.05, 0.1) is 6.61 Å². The topological polar surface area (TPSA) is 181 Å². The van der Waals surface area contributed by atoms with Gasteiger partial charge in [-0.3, -0.25) is 14.1 Å². The number of aliphatic hydroxyl groups is 2. The number of hydrogen-bond acceptors (Lipinski definition) is 9. The molecule has 13 heteroatoms. The van der Waals surface area contributed by atoms with Gasteiger partial charge in [-0.25, -0.2) is 4.18 Å². The maximum absolute atomic E-state index is 11.5. The number of amides is 2. The number of benzene rings is 1. The Bertz CT molecular complexity index is 873. The third-order valence-electron chi connectivity index (χ3n) is 4.01. The highest BCUT2D eigenvalue weighted by Crippen LogP contribution is 2.26. The van der Waals surface area contributed by atoms with Crippen LogP contribution in [0.25, 0.3) is 0 Å². The van der Waals surface area contributed by atoms with E-state index >= 15 is 0 Å². The van der Waals surface area contributed by atoms with Crippen LogP contribution in [0.1, 0.15) is 6.92 Å². The second-order valence-corrected chi connectivity index (χ2v) is 7.39. The van der Waals surface area contributed by atoms with Gasteiger partial charge in [0.15, 0.2) is 0 Å². The van der Waals surface area contributed by atoms with Crippen molar-refractivity contribution in [2.24, 2.45) is 0 Å². The molecule has 0 bridgehead atoms. The van der Waals surface area contributed by atoms with Crippen LogP contribution in [0.4, 0.5) is 5.69 Å². The van der Waals surface area contributed by atoms with Crippen molar-refractivity contribution in [2.45, 2.75) is 37.6 Å². The molecule has 0 saturated carbocycles. The molecule has 1 heterocycles. The fourth-order valence-electron chi connectivity index (χ4n) is 2.66. The van der Waals surface area contributed by atoms with Crippen molar-refractivity contribution in [1.29, 1.82) is 0 Å². The number of nitrogens with one attached hydrogen (secondary N) is 2. The molecular weight excluding hydrogens is 424 g/mol. The predicted molar refractivity (Wildman–Crippen MR) is 102 cm³/mol. The van der Waals surface area contributed by atoms with Gasteiger partial charge in [0, 0.05) is 12.6 Å². The van der Waals surface area contributed by atoms with Gasteiger partial charge in [0.2, 0.25) is 18.1 Å². The summed E-state index contributed by atoms with van der Waals surface area (Å²) >= 11 is 0. The van der Waals surface area contributed by atoms with Gasteiger partial charge in [-0.2, -0.15) is 8.42 Å². The first kappa shape index (κ1) is 23.7. The van der Waals surface area contributed by atoms with Crippen molar-refractivity contribution < 1.29 is 46.4 Å². The maximum Gasteiger partial charge on any atom is 0.397 e. The Kier molecular flexibility index (Phi) is 7.89. The molecule has 1 aromatic rings. The molecule has 12 nitrogen and oxygen atoms in total. The Hall–Kier alpha value is -2.55. The van der Waals surface area contributed by atoms with Gasteiger partial charge in [-0.15, -0.1) is 0 Å². The molecule has 0 spiro atoms. The summed E-state index contributed by atoms with van der Waals surface area (Å²) in [6.45, 7) is 3.71. The zero-order valence-electron chi connectivity index (χ0n) is 15.8. The molecule has 166 valence electrons. The molecule has 0 aromatic heterocycles. The van der Waals surface area contributed by atoms with Gasteiger partial charge >= 0.3 is 10.4 Å². The summed E-state index contributed by atoms with van der Waals surface area (Å²) in [6.07, 6.45) is -4.91. The molecule has 2 amide bonds. The highest BCUT2D eigenvalue weighted by molar-refractivity contribution is 7.80. The third-order valence-corrected chi connectivity index (χ3v) is 4.45. The van der Waals surface area contributed by atoms with Gasteiger partial charge < -0.3 is 30.3 Å². The Balaban J connectivity index is 2.17. The summed E-state index contributed by atoms with van der Waals surface area (Å²) in [7, 11) is -4.82. The first-order valence-electron chi connectivity index (χ1n) is 8.61. The molecule has 1 aliphatic heterocycles. The molecule has 1 saturated heterocycles. The molecule has 30 heavy (non-hydrogen) atoms. The maximum atomic E-state index is 11.5. The van der Waals surface area contributed by atoms with Crippen molar-refractivity contribution in [2.75, 3.05) is 11.9 Å². The number of ether oxygens (including phenoxy) is 2. The number of carbonyl (C=O) groups excluding carboxylic acids is 2. The van der Waals surface area contributed by atoms with Gasteiger partial charge in [-0.05, 0) is 30.3 Å². The van der Waals surface area contributed by atoms with Crippen LogP contribution >= 0.6 is 0 Å². The van der Waals surface area contributed by atoms with E-state index in [2.05, 4.69) is 21.4 Å². The second kappa shape index (κ2) is 9.97. The van der Waals surface area contributed by atoms with E-state index in [-0.39, 0.29) is 5.75 Å². The van der Waals surface area contributed by atoms with Crippen LogP contribution in [0.3, 0.4) is 0 Å². The van der Waals surface area contributed by atoms with Crippen molar-refractivity contribution in [1.82, 2.24) is 5.32 Å². The summed E-state index contributed by atoms with van der Waals surface area (Å²) in [6, 6.07) is 4.75. The molecule has 1 aliphatic rings. The van der Waals surface area contributed by atoms with Gasteiger partial charge in [0.25, 0.3) is 0 Å². The van der Waals surface area contributed by atoms with Crippen molar-refractivity contribution in [3.63, 3.8) is 0 Å². The first-order valence-corrected chi connectivity index (χ1v) is 9.97. The van der Waals surface area contributed by atoms with E-state index < -0.39 is 59.5 Å². The Morgan fingerprint density at radius 2 is 1.87 bits per heavy atom. The summed E-state index contributed by atoms with van der Waals surface area (Å²) in [5, 5.41) is 25.4. The molecular formula is C17H22N2O10S. The minimum absolute atomic E-state index is 0.213. The molecule has 1 fully saturated rings. The van der Waals surface area contributed by atoms with E-state index in [4.69, 9.17) is 14.0 Å². The fraction of sp³-hybridized carbons (Fsp3) is 0.412. The third kappa shape index (κ3) is 6.76. The number of rotatable bonds is 8. The first-order chi connectivity index (χ1) is 14.0.